The molecule has 8 heteroatoms. The third-order valence-electron chi connectivity index (χ3n) is 3.06. The summed E-state index contributed by atoms with van der Waals surface area (Å²) in [5.74, 6) is 0.952. The number of nitrogens with two attached hydrogens (primary N) is 1. The molecule has 0 amide bonds. The Morgan fingerprint density at radius 2 is 2.11 bits per heavy atom. The molecule has 2 heterocycles. The summed E-state index contributed by atoms with van der Waals surface area (Å²) in [6.45, 7) is 0.627. The quantitative estimate of drug-likeness (QED) is 0.868. The fraction of sp³-hybridized carbons (Fsp3) is 0.636. The molecule has 1 aliphatic heterocycles. The Morgan fingerprint density at radius 3 is 2.79 bits per heavy atom. The average molecular weight is 275 g/mol. The molecule has 0 aliphatic carbocycles. The van der Waals surface area contributed by atoms with Gasteiger partial charge in [-0.3, -0.25) is 4.90 Å². The molecule has 0 radical (unpaired) electrons. The maximum atomic E-state index is 12.2. The first-order valence-electron chi connectivity index (χ1n) is 6.03. The average Bonchev–Trinajstić information content (AvgIpc) is 2.73. The number of halogens is 3. The van der Waals surface area contributed by atoms with Gasteiger partial charge >= 0.3 is 6.18 Å². The summed E-state index contributed by atoms with van der Waals surface area (Å²) >= 11 is 0. The van der Waals surface area contributed by atoms with Crippen molar-refractivity contribution >= 4 is 11.6 Å². The lowest BCUT2D eigenvalue weighted by Gasteiger charge is -2.18. The van der Waals surface area contributed by atoms with Crippen LogP contribution in [0.5, 0.6) is 0 Å². The molecule has 1 aromatic rings. The van der Waals surface area contributed by atoms with Gasteiger partial charge in [0.25, 0.3) is 0 Å². The number of hydrogen-bond donors (Lipinski definition) is 2. The van der Waals surface area contributed by atoms with Crippen LogP contribution in [0.1, 0.15) is 6.42 Å². The van der Waals surface area contributed by atoms with Crippen LogP contribution in [0.25, 0.3) is 0 Å². The Labute approximate surface area is 109 Å². The summed E-state index contributed by atoms with van der Waals surface area (Å²) in [7, 11) is 0. The van der Waals surface area contributed by atoms with Gasteiger partial charge < -0.3 is 11.1 Å². The van der Waals surface area contributed by atoms with E-state index < -0.39 is 12.7 Å². The number of anilines is 2. The molecule has 2 rings (SSSR count). The lowest BCUT2D eigenvalue weighted by Crippen LogP contribution is -2.33. The van der Waals surface area contributed by atoms with E-state index in [9.17, 15) is 13.2 Å². The highest BCUT2D eigenvalue weighted by molar-refractivity contribution is 5.54. The van der Waals surface area contributed by atoms with Crippen molar-refractivity contribution in [3.63, 3.8) is 0 Å². The molecule has 1 fully saturated rings. The van der Waals surface area contributed by atoms with E-state index in [-0.39, 0.29) is 5.92 Å². The molecule has 106 valence electrons. The topological polar surface area (TPSA) is 67.1 Å². The summed E-state index contributed by atoms with van der Waals surface area (Å²) in [4.78, 5) is 9.33. The van der Waals surface area contributed by atoms with E-state index in [1.165, 1.54) is 17.3 Å². The van der Waals surface area contributed by atoms with Crippen LogP contribution in [-0.4, -0.2) is 47.2 Å². The minimum Gasteiger partial charge on any atom is -0.381 e. The van der Waals surface area contributed by atoms with Gasteiger partial charge in [0.15, 0.2) is 11.6 Å². The van der Waals surface area contributed by atoms with Gasteiger partial charge in [-0.25, -0.2) is 9.97 Å². The molecular weight excluding hydrogens is 259 g/mol. The van der Waals surface area contributed by atoms with Crippen molar-refractivity contribution in [3.05, 3.63) is 12.4 Å². The third kappa shape index (κ3) is 4.23. The van der Waals surface area contributed by atoms with Crippen LogP contribution < -0.4 is 11.1 Å². The molecular formula is C11H16F3N5. The number of rotatable bonds is 4. The molecule has 19 heavy (non-hydrogen) atoms. The van der Waals surface area contributed by atoms with Gasteiger partial charge in [-0.2, -0.15) is 13.2 Å². The molecule has 0 bridgehead atoms. The summed E-state index contributed by atoms with van der Waals surface area (Å²) in [6.07, 6.45) is -0.384. The molecule has 3 N–H and O–H groups in total. The zero-order valence-corrected chi connectivity index (χ0v) is 10.3. The first-order chi connectivity index (χ1) is 8.94. The summed E-state index contributed by atoms with van der Waals surface area (Å²) in [5, 5.41) is 3.03. The predicted octanol–water partition coefficient (Wildman–Crippen LogP) is 1.35. The predicted molar refractivity (Wildman–Crippen MR) is 65.5 cm³/mol. The van der Waals surface area contributed by atoms with Crippen LogP contribution in [0.4, 0.5) is 24.8 Å². The van der Waals surface area contributed by atoms with Crippen molar-refractivity contribution in [2.45, 2.75) is 12.6 Å². The Bertz CT molecular complexity index is 423. The smallest absolute Gasteiger partial charge is 0.381 e. The van der Waals surface area contributed by atoms with Crippen molar-refractivity contribution < 1.29 is 13.2 Å². The van der Waals surface area contributed by atoms with Crippen LogP contribution in [0, 0.1) is 5.92 Å². The van der Waals surface area contributed by atoms with Gasteiger partial charge in [0.1, 0.15) is 0 Å². The number of nitrogen functional groups attached to an aromatic ring is 1. The van der Waals surface area contributed by atoms with Gasteiger partial charge in [0.2, 0.25) is 0 Å². The van der Waals surface area contributed by atoms with E-state index in [1.807, 2.05) is 0 Å². The monoisotopic (exact) mass is 275 g/mol. The first-order valence-corrected chi connectivity index (χ1v) is 6.03. The number of likely N-dealkylation sites (tertiary alicyclic amines) is 1. The number of nitrogens with zero attached hydrogens (tertiary/aromatic N) is 3. The maximum Gasteiger partial charge on any atom is 0.401 e. The maximum absolute atomic E-state index is 12.2. The highest BCUT2D eigenvalue weighted by Gasteiger charge is 2.34. The Kier molecular flexibility index (Phi) is 4.08. The normalized spacial score (nSPS) is 20.7. The van der Waals surface area contributed by atoms with E-state index in [1.54, 1.807) is 0 Å². The Balaban J connectivity index is 1.78. The van der Waals surface area contributed by atoms with Gasteiger partial charge in [0, 0.05) is 25.5 Å². The second-order valence-electron chi connectivity index (χ2n) is 4.68. The SMILES string of the molecule is Nc1nccnc1NCC1CCN(CC(F)(F)F)C1. The van der Waals surface area contributed by atoms with Crippen LogP contribution >= 0.6 is 0 Å². The van der Waals surface area contributed by atoms with Crippen LogP contribution in [0.15, 0.2) is 12.4 Å². The highest BCUT2D eigenvalue weighted by atomic mass is 19.4. The molecule has 0 aromatic carbocycles. The van der Waals surface area contributed by atoms with Crippen LogP contribution in [-0.2, 0) is 0 Å². The number of nitrogens with one attached hydrogen (secondary N) is 1. The largest absolute Gasteiger partial charge is 0.401 e. The van der Waals surface area contributed by atoms with Crippen molar-refractivity contribution in [1.82, 2.24) is 14.9 Å². The van der Waals surface area contributed by atoms with E-state index in [0.717, 1.165) is 6.42 Å². The van der Waals surface area contributed by atoms with Crippen molar-refractivity contribution in [2.75, 3.05) is 37.2 Å². The molecule has 1 aliphatic rings. The molecule has 0 saturated carbocycles. The summed E-state index contributed by atoms with van der Waals surface area (Å²) in [6, 6.07) is 0. The van der Waals surface area contributed by atoms with Crippen molar-refractivity contribution in [2.24, 2.45) is 5.92 Å². The van der Waals surface area contributed by atoms with Crippen LogP contribution in [0.2, 0.25) is 0 Å². The Hall–Kier alpha value is -1.57. The van der Waals surface area contributed by atoms with Crippen LogP contribution in [0.3, 0.4) is 0 Å². The fourth-order valence-electron chi connectivity index (χ4n) is 2.20. The van der Waals surface area contributed by atoms with Gasteiger partial charge in [-0.1, -0.05) is 0 Å². The van der Waals surface area contributed by atoms with Gasteiger partial charge in [-0.05, 0) is 18.9 Å². The van der Waals surface area contributed by atoms with Crippen molar-refractivity contribution in [1.29, 1.82) is 0 Å². The zero-order chi connectivity index (χ0) is 13.9. The lowest BCUT2D eigenvalue weighted by atomic mass is 10.1. The van der Waals surface area contributed by atoms with E-state index in [0.29, 0.717) is 31.3 Å². The third-order valence-corrected chi connectivity index (χ3v) is 3.06. The zero-order valence-electron chi connectivity index (χ0n) is 10.3. The lowest BCUT2D eigenvalue weighted by molar-refractivity contribution is -0.143. The molecule has 1 saturated heterocycles. The fourth-order valence-corrected chi connectivity index (χ4v) is 2.20. The van der Waals surface area contributed by atoms with E-state index in [2.05, 4.69) is 15.3 Å². The minimum atomic E-state index is -4.13. The highest BCUT2D eigenvalue weighted by Crippen LogP contribution is 2.23. The molecule has 1 atom stereocenters. The molecule has 1 unspecified atom stereocenters. The number of hydrogen-bond acceptors (Lipinski definition) is 5. The first kappa shape index (κ1) is 13.9. The minimum absolute atomic E-state index is 0.170. The van der Waals surface area contributed by atoms with Gasteiger partial charge in [0.05, 0.1) is 6.54 Å². The van der Waals surface area contributed by atoms with Crippen molar-refractivity contribution in [3.8, 4) is 0 Å². The van der Waals surface area contributed by atoms with Gasteiger partial charge in [-0.15, -0.1) is 0 Å². The second kappa shape index (κ2) is 5.60. The van der Waals surface area contributed by atoms with E-state index in [4.69, 9.17) is 5.73 Å². The Morgan fingerprint density at radius 1 is 1.37 bits per heavy atom. The summed E-state index contributed by atoms with van der Waals surface area (Å²) < 4.78 is 36.7. The molecule has 5 nitrogen and oxygen atoms in total. The number of aromatic nitrogens is 2. The second-order valence-corrected chi connectivity index (χ2v) is 4.68. The number of alkyl halides is 3. The summed E-state index contributed by atoms with van der Waals surface area (Å²) in [5.41, 5.74) is 5.62. The standard InChI is InChI=1S/C11H16F3N5/c12-11(13,14)7-19-4-1-8(6-19)5-18-10-9(15)16-2-3-17-10/h2-3,8H,1,4-7H2,(H2,15,16)(H,17,18). The molecule has 1 aromatic heterocycles. The van der Waals surface area contributed by atoms with E-state index >= 15 is 0 Å². The molecule has 0 spiro atoms.